The Kier molecular flexibility index (Phi) is 8.51. The van der Waals surface area contributed by atoms with E-state index in [0.29, 0.717) is 39.1 Å². The summed E-state index contributed by atoms with van der Waals surface area (Å²) >= 11 is 0. The molecule has 0 saturated carbocycles. The van der Waals surface area contributed by atoms with Gasteiger partial charge in [0.15, 0.2) is 6.61 Å². The lowest BCUT2D eigenvalue weighted by molar-refractivity contribution is -0.154. The van der Waals surface area contributed by atoms with Crippen LogP contribution in [0, 0.1) is 5.92 Å². The number of esters is 1. The summed E-state index contributed by atoms with van der Waals surface area (Å²) in [5, 5.41) is 2.59. The standard InChI is InChI=1S/C20H26N2O5/c1-26-14-11-21-18(23)15-27-20(25)17-9-12-22(13-10-17)19(24)8-7-16-5-3-2-4-6-16/h2-8,17H,9-15H2,1H3,(H,21,23)/b8-7+. The van der Waals surface area contributed by atoms with E-state index < -0.39 is 0 Å². The van der Waals surface area contributed by atoms with Gasteiger partial charge in [-0.1, -0.05) is 30.3 Å². The molecule has 0 unspecified atom stereocenters. The highest BCUT2D eigenvalue weighted by Gasteiger charge is 2.28. The lowest BCUT2D eigenvalue weighted by atomic mass is 9.97. The molecular formula is C20H26N2O5. The minimum atomic E-state index is -0.385. The lowest BCUT2D eigenvalue weighted by Gasteiger charge is -2.30. The summed E-state index contributed by atoms with van der Waals surface area (Å²) in [5.41, 5.74) is 0.966. The Bertz CT molecular complexity index is 652. The van der Waals surface area contributed by atoms with E-state index in [2.05, 4.69) is 5.32 Å². The van der Waals surface area contributed by atoms with Crippen LogP contribution in [0.3, 0.4) is 0 Å². The zero-order chi connectivity index (χ0) is 19.5. The lowest BCUT2D eigenvalue weighted by Crippen LogP contribution is -2.40. The fraction of sp³-hybridized carbons (Fsp3) is 0.450. The first-order valence-corrected chi connectivity index (χ1v) is 9.04. The van der Waals surface area contributed by atoms with E-state index in [-0.39, 0.29) is 30.3 Å². The van der Waals surface area contributed by atoms with Crippen LogP contribution in [0.1, 0.15) is 18.4 Å². The number of hydrogen-bond acceptors (Lipinski definition) is 5. The number of piperidine rings is 1. The molecule has 1 aliphatic heterocycles. The van der Waals surface area contributed by atoms with Gasteiger partial charge in [0.2, 0.25) is 5.91 Å². The van der Waals surface area contributed by atoms with Gasteiger partial charge in [0.1, 0.15) is 0 Å². The zero-order valence-corrected chi connectivity index (χ0v) is 15.6. The molecule has 0 aromatic heterocycles. The van der Waals surface area contributed by atoms with E-state index in [1.165, 1.54) is 0 Å². The fourth-order valence-electron chi connectivity index (χ4n) is 2.77. The summed E-state index contributed by atoms with van der Waals surface area (Å²) in [5.74, 6) is -1.08. The quantitative estimate of drug-likeness (QED) is 0.420. The van der Waals surface area contributed by atoms with E-state index in [1.807, 2.05) is 30.3 Å². The van der Waals surface area contributed by atoms with Crippen molar-refractivity contribution in [2.45, 2.75) is 12.8 Å². The number of amides is 2. The number of ether oxygens (including phenoxy) is 2. The molecule has 7 nitrogen and oxygen atoms in total. The van der Waals surface area contributed by atoms with E-state index in [1.54, 1.807) is 24.2 Å². The SMILES string of the molecule is COCCNC(=O)COC(=O)C1CCN(C(=O)/C=C/c2ccccc2)CC1. The molecule has 0 atom stereocenters. The second-order valence-electron chi connectivity index (χ2n) is 6.29. The second-order valence-corrected chi connectivity index (χ2v) is 6.29. The molecule has 1 saturated heterocycles. The van der Waals surface area contributed by atoms with Gasteiger partial charge in [0.05, 0.1) is 12.5 Å². The number of hydrogen-bond donors (Lipinski definition) is 1. The van der Waals surface area contributed by atoms with Crippen LogP contribution in [0.4, 0.5) is 0 Å². The first kappa shape index (κ1) is 20.6. The van der Waals surface area contributed by atoms with Crippen molar-refractivity contribution in [2.75, 3.05) is 40.0 Å². The summed E-state index contributed by atoms with van der Waals surface area (Å²) < 4.78 is 9.89. The highest BCUT2D eigenvalue weighted by molar-refractivity contribution is 5.92. The fourth-order valence-corrected chi connectivity index (χ4v) is 2.77. The van der Waals surface area contributed by atoms with E-state index in [4.69, 9.17) is 9.47 Å². The highest BCUT2D eigenvalue weighted by atomic mass is 16.5. The normalized spacial score (nSPS) is 14.9. The van der Waals surface area contributed by atoms with Crippen molar-refractivity contribution in [3.05, 3.63) is 42.0 Å². The molecule has 0 spiro atoms. The minimum Gasteiger partial charge on any atom is -0.455 e. The number of rotatable bonds is 8. The predicted octanol–water partition coefficient (Wildman–Crippen LogP) is 1.24. The van der Waals surface area contributed by atoms with Gasteiger partial charge in [0.25, 0.3) is 5.91 Å². The number of carbonyl (C=O) groups excluding carboxylic acids is 3. The topological polar surface area (TPSA) is 84.9 Å². The Hall–Kier alpha value is -2.67. The number of nitrogens with zero attached hydrogens (tertiary/aromatic N) is 1. The molecular weight excluding hydrogens is 348 g/mol. The summed E-state index contributed by atoms with van der Waals surface area (Å²) in [6, 6.07) is 9.61. The van der Waals surface area contributed by atoms with Crippen molar-refractivity contribution < 1.29 is 23.9 Å². The Morgan fingerprint density at radius 3 is 2.56 bits per heavy atom. The van der Waals surface area contributed by atoms with Crippen molar-refractivity contribution >= 4 is 23.9 Å². The van der Waals surface area contributed by atoms with Crippen molar-refractivity contribution in [3.8, 4) is 0 Å². The highest BCUT2D eigenvalue weighted by Crippen LogP contribution is 2.19. The third-order valence-electron chi connectivity index (χ3n) is 4.33. The van der Waals surface area contributed by atoms with Gasteiger partial charge in [-0.05, 0) is 24.5 Å². The van der Waals surface area contributed by atoms with Gasteiger partial charge in [0, 0.05) is 32.8 Å². The van der Waals surface area contributed by atoms with Crippen LogP contribution in [0.15, 0.2) is 36.4 Å². The van der Waals surface area contributed by atoms with Crippen LogP contribution in [-0.2, 0) is 23.9 Å². The Balaban J connectivity index is 1.69. The molecule has 2 rings (SSSR count). The van der Waals surface area contributed by atoms with E-state index in [0.717, 1.165) is 5.56 Å². The number of carbonyl (C=O) groups is 3. The van der Waals surface area contributed by atoms with E-state index in [9.17, 15) is 14.4 Å². The molecule has 0 radical (unpaired) electrons. The van der Waals surface area contributed by atoms with Crippen LogP contribution in [0.2, 0.25) is 0 Å². The van der Waals surface area contributed by atoms with Gasteiger partial charge in [-0.3, -0.25) is 14.4 Å². The predicted molar refractivity (Wildman–Crippen MR) is 101 cm³/mol. The molecule has 1 fully saturated rings. The van der Waals surface area contributed by atoms with Gasteiger partial charge < -0.3 is 19.7 Å². The summed E-state index contributed by atoms with van der Waals surface area (Å²) in [6.07, 6.45) is 4.41. The number of nitrogens with one attached hydrogen (secondary N) is 1. The number of likely N-dealkylation sites (tertiary alicyclic amines) is 1. The molecule has 1 heterocycles. The smallest absolute Gasteiger partial charge is 0.309 e. The summed E-state index contributed by atoms with van der Waals surface area (Å²) in [7, 11) is 1.54. The molecule has 1 aromatic carbocycles. The number of benzene rings is 1. The van der Waals surface area contributed by atoms with Crippen LogP contribution in [0.5, 0.6) is 0 Å². The first-order chi connectivity index (χ1) is 13.1. The summed E-state index contributed by atoms with van der Waals surface area (Å²) in [4.78, 5) is 37.6. The average molecular weight is 374 g/mol. The summed E-state index contributed by atoms with van der Waals surface area (Å²) in [6.45, 7) is 1.49. The maximum atomic E-state index is 12.2. The molecule has 0 bridgehead atoms. The van der Waals surface area contributed by atoms with Crippen molar-refractivity contribution in [2.24, 2.45) is 5.92 Å². The van der Waals surface area contributed by atoms with Crippen LogP contribution >= 0.6 is 0 Å². The monoisotopic (exact) mass is 374 g/mol. The molecule has 2 amide bonds. The van der Waals surface area contributed by atoms with Crippen molar-refractivity contribution in [1.29, 1.82) is 0 Å². The number of methoxy groups -OCH3 is 1. The van der Waals surface area contributed by atoms with Crippen molar-refractivity contribution in [1.82, 2.24) is 10.2 Å². The largest absolute Gasteiger partial charge is 0.455 e. The third-order valence-corrected chi connectivity index (χ3v) is 4.33. The Labute approximate surface area is 159 Å². The molecule has 1 aromatic rings. The second kappa shape index (κ2) is 11.1. The molecule has 0 aliphatic carbocycles. The first-order valence-electron chi connectivity index (χ1n) is 9.04. The van der Waals surface area contributed by atoms with Crippen LogP contribution < -0.4 is 5.32 Å². The molecule has 146 valence electrons. The van der Waals surface area contributed by atoms with Gasteiger partial charge in [-0.25, -0.2) is 0 Å². The maximum absolute atomic E-state index is 12.2. The Morgan fingerprint density at radius 1 is 1.19 bits per heavy atom. The third kappa shape index (κ3) is 7.22. The van der Waals surface area contributed by atoms with Crippen molar-refractivity contribution in [3.63, 3.8) is 0 Å². The van der Waals surface area contributed by atoms with E-state index >= 15 is 0 Å². The minimum absolute atomic E-state index is 0.0665. The van der Waals surface area contributed by atoms with Gasteiger partial charge in [-0.2, -0.15) is 0 Å². The van der Waals surface area contributed by atoms with Crippen LogP contribution in [0.25, 0.3) is 6.08 Å². The van der Waals surface area contributed by atoms with Gasteiger partial charge in [-0.15, -0.1) is 0 Å². The molecule has 7 heteroatoms. The molecule has 27 heavy (non-hydrogen) atoms. The maximum Gasteiger partial charge on any atom is 0.309 e. The molecule has 1 N–H and O–H groups in total. The Morgan fingerprint density at radius 2 is 1.89 bits per heavy atom. The zero-order valence-electron chi connectivity index (χ0n) is 15.6. The van der Waals surface area contributed by atoms with Crippen LogP contribution in [-0.4, -0.2) is 62.6 Å². The average Bonchev–Trinajstić information content (AvgIpc) is 2.71. The van der Waals surface area contributed by atoms with Gasteiger partial charge >= 0.3 is 5.97 Å². The molecule has 1 aliphatic rings.